The Hall–Kier alpha value is -0.550. The van der Waals surface area contributed by atoms with Crippen LogP contribution >= 0.6 is 34.7 Å². The van der Waals surface area contributed by atoms with Crippen molar-refractivity contribution in [2.75, 3.05) is 6.54 Å². The standard InChI is InChI=1S/C14H17ClN2S2/c1-10(2)8-16-9-11-3-4-12(7-13(11)15)19-14-17-5-6-18-14/h3-7,10,16H,8-9H2,1-2H3. The van der Waals surface area contributed by atoms with E-state index in [2.05, 4.69) is 36.3 Å². The van der Waals surface area contributed by atoms with Crippen molar-refractivity contribution in [1.29, 1.82) is 0 Å². The summed E-state index contributed by atoms with van der Waals surface area (Å²) in [4.78, 5) is 5.39. The summed E-state index contributed by atoms with van der Waals surface area (Å²) in [6.07, 6.45) is 1.82. The number of nitrogens with zero attached hydrogens (tertiary/aromatic N) is 1. The minimum Gasteiger partial charge on any atom is -0.312 e. The molecule has 19 heavy (non-hydrogen) atoms. The molecule has 0 bridgehead atoms. The first-order valence-corrected chi connectivity index (χ1v) is 8.29. The Morgan fingerprint density at radius 3 is 2.89 bits per heavy atom. The van der Waals surface area contributed by atoms with Gasteiger partial charge in [-0.3, -0.25) is 0 Å². The zero-order chi connectivity index (χ0) is 13.7. The average molecular weight is 313 g/mol. The van der Waals surface area contributed by atoms with Crippen molar-refractivity contribution in [3.8, 4) is 0 Å². The Kier molecular flexibility index (Phi) is 5.70. The number of nitrogens with one attached hydrogen (secondary N) is 1. The molecule has 0 aliphatic carbocycles. The van der Waals surface area contributed by atoms with E-state index in [0.29, 0.717) is 5.92 Å². The van der Waals surface area contributed by atoms with Crippen molar-refractivity contribution in [2.24, 2.45) is 5.92 Å². The van der Waals surface area contributed by atoms with Crippen molar-refractivity contribution in [2.45, 2.75) is 29.6 Å². The van der Waals surface area contributed by atoms with Gasteiger partial charge in [0, 0.05) is 28.0 Å². The van der Waals surface area contributed by atoms with Gasteiger partial charge in [0.05, 0.1) is 0 Å². The van der Waals surface area contributed by atoms with Crippen LogP contribution in [0.2, 0.25) is 5.02 Å². The molecule has 2 aromatic rings. The molecule has 0 atom stereocenters. The smallest absolute Gasteiger partial charge is 0.154 e. The van der Waals surface area contributed by atoms with Gasteiger partial charge in [0.15, 0.2) is 4.34 Å². The summed E-state index contributed by atoms with van der Waals surface area (Å²) in [5, 5.41) is 6.20. The average Bonchev–Trinajstić information content (AvgIpc) is 2.84. The van der Waals surface area contributed by atoms with Crippen LogP contribution in [0.5, 0.6) is 0 Å². The van der Waals surface area contributed by atoms with E-state index in [9.17, 15) is 0 Å². The molecule has 1 N–H and O–H groups in total. The van der Waals surface area contributed by atoms with Crippen molar-refractivity contribution in [3.05, 3.63) is 40.4 Å². The van der Waals surface area contributed by atoms with Gasteiger partial charge in [-0.2, -0.15) is 0 Å². The molecule has 2 nitrogen and oxygen atoms in total. The first kappa shape index (κ1) is 14.9. The van der Waals surface area contributed by atoms with Crippen molar-refractivity contribution >= 4 is 34.7 Å². The van der Waals surface area contributed by atoms with Gasteiger partial charge in [-0.15, -0.1) is 11.3 Å². The van der Waals surface area contributed by atoms with Gasteiger partial charge < -0.3 is 5.32 Å². The molecular weight excluding hydrogens is 296 g/mol. The number of benzene rings is 1. The minimum absolute atomic E-state index is 0.651. The summed E-state index contributed by atoms with van der Waals surface area (Å²) < 4.78 is 1.04. The van der Waals surface area contributed by atoms with Crippen LogP contribution in [0.4, 0.5) is 0 Å². The zero-order valence-electron chi connectivity index (χ0n) is 11.0. The van der Waals surface area contributed by atoms with Crippen LogP contribution in [0.3, 0.4) is 0 Å². The SMILES string of the molecule is CC(C)CNCc1ccc(Sc2nccs2)cc1Cl. The highest BCUT2D eigenvalue weighted by molar-refractivity contribution is 8.01. The molecule has 0 aliphatic heterocycles. The van der Waals surface area contributed by atoms with E-state index < -0.39 is 0 Å². The maximum absolute atomic E-state index is 6.31. The number of hydrogen-bond acceptors (Lipinski definition) is 4. The van der Waals surface area contributed by atoms with Gasteiger partial charge in [0.25, 0.3) is 0 Å². The number of aromatic nitrogens is 1. The van der Waals surface area contributed by atoms with Gasteiger partial charge in [-0.05, 0) is 30.2 Å². The number of rotatable bonds is 6. The van der Waals surface area contributed by atoms with Crippen LogP contribution in [0.25, 0.3) is 0 Å². The van der Waals surface area contributed by atoms with Gasteiger partial charge in [0.1, 0.15) is 0 Å². The molecule has 0 amide bonds. The van der Waals surface area contributed by atoms with Gasteiger partial charge in [-0.25, -0.2) is 4.98 Å². The van der Waals surface area contributed by atoms with E-state index in [1.54, 1.807) is 23.1 Å². The van der Waals surface area contributed by atoms with Crippen LogP contribution in [0.15, 0.2) is 39.0 Å². The third-order valence-electron chi connectivity index (χ3n) is 2.51. The molecule has 2 rings (SSSR count). The lowest BCUT2D eigenvalue weighted by atomic mass is 10.2. The predicted octanol–water partition coefficient (Wildman–Crippen LogP) is 4.69. The van der Waals surface area contributed by atoms with Gasteiger partial charge >= 0.3 is 0 Å². The first-order valence-electron chi connectivity index (χ1n) is 6.21. The topological polar surface area (TPSA) is 24.9 Å². The fraction of sp³-hybridized carbons (Fsp3) is 0.357. The van der Waals surface area contributed by atoms with E-state index >= 15 is 0 Å². The first-order chi connectivity index (χ1) is 9.15. The normalized spacial score (nSPS) is 11.2. The Morgan fingerprint density at radius 1 is 1.42 bits per heavy atom. The summed E-state index contributed by atoms with van der Waals surface area (Å²) in [7, 11) is 0. The summed E-state index contributed by atoms with van der Waals surface area (Å²) in [5.41, 5.74) is 1.14. The van der Waals surface area contributed by atoms with Gasteiger partial charge in [-0.1, -0.05) is 43.3 Å². The van der Waals surface area contributed by atoms with Crippen molar-refractivity contribution < 1.29 is 0 Å². The lowest BCUT2D eigenvalue weighted by molar-refractivity contribution is 0.552. The fourth-order valence-corrected chi connectivity index (χ4v) is 3.54. The summed E-state index contributed by atoms with van der Waals surface area (Å²) >= 11 is 9.60. The van der Waals surface area contributed by atoms with E-state index in [-0.39, 0.29) is 0 Å². The molecule has 0 saturated heterocycles. The Morgan fingerprint density at radius 2 is 2.26 bits per heavy atom. The molecule has 0 aliphatic rings. The largest absolute Gasteiger partial charge is 0.312 e. The molecule has 1 aromatic heterocycles. The lowest BCUT2D eigenvalue weighted by Gasteiger charge is -2.09. The summed E-state index contributed by atoms with van der Waals surface area (Å²) in [6.45, 7) is 6.22. The van der Waals surface area contributed by atoms with E-state index in [0.717, 1.165) is 32.9 Å². The second-order valence-corrected chi connectivity index (χ2v) is 7.30. The molecule has 0 spiro atoms. The number of halogens is 1. The van der Waals surface area contributed by atoms with Crippen molar-refractivity contribution in [1.82, 2.24) is 10.3 Å². The Labute approximate surface area is 127 Å². The fourth-order valence-electron chi connectivity index (χ4n) is 1.59. The second kappa shape index (κ2) is 7.29. The molecule has 5 heteroatoms. The second-order valence-electron chi connectivity index (χ2n) is 4.68. The highest BCUT2D eigenvalue weighted by Gasteiger charge is 2.05. The molecule has 1 aromatic carbocycles. The molecular formula is C14H17ClN2S2. The maximum Gasteiger partial charge on any atom is 0.154 e. The molecule has 0 unspecified atom stereocenters. The molecule has 0 radical (unpaired) electrons. The summed E-state index contributed by atoms with van der Waals surface area (Å²) in [6, 6.07) is 6.20. The van der Waals surface area contributed by atoms with Crippen LogP contribution in [-0.2, 0) is 6.54 Å². The molecule has 102 valence electrons. The Balaban J connectivity index is 1.96. The maximum atomic E-state index is 6.31. The molecule has 0 saturated carbocycles. The van der Waals surface area contributed by atoms with E-state index in [1.165, 1.54) is 0 Å². The van der Waals surface area contributed by atoms with Crippen molar-refractivity contribution in [3.63, 3.8) is 0 Å². The predicted molar refractivity (Wildman–Crippen MR) is 84.2 cm³/mol. The highest BCUT2D eigenvalue weighted by atomic mass is 35.5. The minimum atomic E-state index is 0.651. The monoisotopic (exact) mass is 312 g/mol. The van der Waals surface area contributed by atoms with E-state index in [4.69, 9.17) is 11.6 Å². The third-order valence-corrected chi connectivity index (χ3v) is 4.73. The third kappa shape index (κ3) is 4.80. The molecule has 0 fully saturated rings. The number of thiazole rings is 1. The summed E-state index contributed by atoms with van der Waals surface area (Å²) in [5.74, 6) is 0.651. The number of hydrogen-bond donors (Lipinski definition) is 1. The van der Waals surface area contributed by atoms with Crippen LogP contribution in [0.1, 0.15) is 19.4 Å². The quantitative estimate of drug-likeness (QED) is 0.837. The molecule has 1 heterocycles. The Bertz CT molecular complexity index is 512. The van der Waals surface area contributed by atoms with Gasteiger partial charge in [0.2, 0.25) is 0 Å². The van der Waals surface area contributed by atoms with Crippen LogP contribution in [0, 0.1) is 5.92 Å². The van der Waals surface area contributed by atoms with Crippen LogP contribution < -0.4 is 5.32 Å². The zero-order valence-corrected chi connectivity index (χ0v) is 13.4. The van der Waals surface area contributed by atoms with Crippen LogP contribution in [-0.4, -0.2) is 11.5 Å². The lowest BCUT2D eigenvalue weighted by Crippen LogP contribution is -2.19. The highest BCUT2D eigenvalue weighted by Crippen LogP contribution is 2.31. The van der Waals surface area contributed by atoms with E-state index in [1.807, 2.05) is 17.6 Å².